The Hall–Kier alpha value is -2.72. The first-order valence-electron chi connectivity index (χ1n) is 8.84. The molecular formula is C19H21BrN4O4S. The molecule has 0 aromatic heterocycles. The fourth-order valence-electron chi connectivity index (χ4n) is 2.35. The molecule has 0 amide bonds. The normalized spacial score (nSPS) is 10.6. The minimum atomic E-state index is -0.436. The number of thiocarbonyl (C=S) groups is 1. The second kappa shape index (κ2) is 11.3. The quantitative estimate of drug-likeness (QED) is 0.240. The van der Waals surface area contributed by atoms with Crippen molar-refractivity contribution in [3.05, 3.63) is 62.1 Å². The number of nitrogens with zero attached hydrogens (tertiary/aromatic N) is 2. The van der Waals surface area contributed by atoms with Crippen LogP contribution in [-0.2, 0) is 6.61 Å². The lowest BCUT2D eigenvalue weighted by Gasteiger charge is -2.14. The summed E-state index contributed by atoms with van der Waals surface area (Å²) in [5.41, 5.74) is 4.20. The highest BCUT2D eigenvalue weighted by Crippen LogP contribution is 2.37. The summed E-state index contributed by atoms with van der Waals surface area (Å²) in [5.74, 6) is 1.04. The van der Waals surface area contributed by atoms with E-state index < -0.39 is 4.92 Å². The maximum atomic E-state index is 10.9. The van der Waals surface area contributed by atoms with Crippen LogP contribution in [0.2, 0.25) is 0 Å². The molecule has 0 saturated carbocycles. The predicted octanol–water partition coefficient (Wildman–Crippen LogP) is 4.15. The van der Waals surface area contributed by atoms with Gasteiger partial charge in [-0.05, 0) is 65.3 Å². The van der Waals surface area contributed by atoms with Crippen molar-refractivity contribution in [3.63, 3.8) is 0 Å². The molecule has 10 heteroatoms. The zero-order valence-electron chi connectivity index (χ0n) is 16.0. The van der Waals surface area contributed by atoms with Crippen LogP contribution in [0.1, 0.15) is 25.0 Å². The first-order valence-corrected chi connectivity index (χ1v) is 10.0. The summed E-state index contributed by atoms with van der Waals surface area (Å²) < 4.78 is 12.2. The molecule has 0 saturated heterocycles. The Bertz CT molecular complexity index is 908. The van der Waals surface area contributed by atoms with Crippen molar-refractivity contribution >= 4 is 45.2 Å². The zero-order chi connectivity index (χ0) is 21.2. The van der Waals surface area contributed by atoms with E-state index in [1.807, 2.05) is 19.9 Å². The second-order valence-electron chi connectivity index (χ2n) is 5.71. The first kappa shape index (κ1) is 22.6. The molecule has 0 heterocycles. The van der Waals surface area contributed by atoms with Crippen molar-refractivity contribution in [1.82, 2.24) is 10.7 Å². The molecule has 0 unspecified atom stereocenters. The molecule has 0 atom stereocenters. The number of nitrogens with one attached hydrogen (secondary N) is 2. The highest BCUT2D eigenvalue weighted by Gasteiger charge is 2.13. The number of hydrazone groups is 1. The number of nitro benzene ring substituents is 1. The van der Waals surface area contributed by atoms with Crippen molar-refractivity contribution in [2.45, 2.75) is 20.5 Å². The topological polar surface area (TPSA) is 98.0 Å². The van der Waals surface area contributed by atoms with Gasteiger partial charge in [-0.2, -0.15) is 5.10 Å². The van der Waals surface area contributed by atoms with Gasteiger partial charge in [0.15, 0.2) is 16.6 Å². The van der Waals surface area contributed by atoms with Gasteiger partial charge in [-0.25, -0.2) is 0 Å². The zero-order valence-corrected chi connectivity index (χ0v) is 18.4. The van der Waals surface area contributed by atoms with Gasteiger partial charge in [0, 0.05) is 18.7 Å². The van der Waals surface area contributed by atoms with E-state index >= 15 is 0 Å². The van der Waals surface area contributed by atoms with Crippen LogP contribution < -0.4 is 20.2 Å². The third kappa shape index (κ3) is 6.99. The third-order valence-electron chi connectivity index (χ3n) is 3.55. The van der Waals surface area contributed by atoms with Crippen LogP contribution in [0.15, 0.2) is 46.0 Å². The van der Waals surface area contributed by atoms with Gasteiger partial charge in [0.1, 0.15) is 6.61 Å². The summed E-state index contributed by atoms with van der Waals surface area (Å²) >= 11 is 8.55. The molecule has 0 bridgehead atoms. The van der Waals surface area contributed by atoms with Crippen molar-refractivity contribution in [2.75, 3.05) is 13.2 Å². The maximum absolute atomic E-state index is 10.9. The van der Waals surface area contributed by atoms with Crippen molar-refractivity contribution in [1.29, 1.82) is 0 Å². The smallest absolute Gasteiger partial charge is 0.269 e. The van der Waals surface area contributed by atoms with Gasteiger partial charge in [0.2, 0.25) is 0 Å². The fraction of sp³-hybridized carbons (Fsp3) is 0.263. The molecule has 154 valence electrons. The van der Waals surface area contributed by atoms with Gasteiger partial charge in [0.05, 0.1) is 22.2 Å². The van der Waals surface area contributed by atoms with E-state index in [0.717, 1.165) is 5.56 Å². The summed E-state index contributed by atoms with van der Waals surface area (Å²) in [6.45, 7) is 5.12. The summed E-state index contributed by atoms with van der Waals surface area (Å²) in [6.07, 6.45) is 1.61. The lowest BCUT2D eigenvalue weighted by Crippen LogP contribution is -2.31. The number of ether oxygens (including phenoxy) is 2. The molecule has 0 aliphatic carbocycles. The number of non-ortho nitro benzene ring substituents is 1. The highest BCUT2D eigenvalue weighted by molar-refractivity contribution is 9.10. The molecular weight excluding hydrogens is 460 g/mol. The minimum absolute atomic E-state index is 0.0183. The number of nitro groups is 1. The van der Waals surface area contributed by atoms with Crippen LogP contribution in [-0.4, -0.2) is 29.4 Å². The maximum Gasteiger partial charge on any atom is 0.269 e. The van der Waals surface area contributed by atoms with E-state index in [-0.39, 0.29) is 12.3 Å². The molecule has 8 nitrogen and oxygen atoms in total. The molecule has 2 rings (SSSR count). The molecule has 2 aromatic carbocycles. The first-order chi connectivity index (χ1) is 13.9. The SMILES string of the molecule is CCNC(=S)NN=Cc1cc(Br)c(OCc2cccc([N+](=O)[O-])c2)c(OCC)c1. The van der Waals surface area contributed by atoms with Gasteiger partial charge in [-0.1, -0.05) is 12.1 Å². The Kier molecular flexibility index (Phi) is 8.81. The predicted molar refractivity (Wildman–Crippen MR) is 120 cm³/mol. The highest BCUT2D eigenvalue weighted by atomic mass is 79.9. The van der Waals surface area contributed by atoms with Crippen LogP contribution >= 0.6 is 28.1 Å². The summed E-state index contributed by atoms with van der Waals surface area (Å²) in [5, 5.41) is 18.4. The average molecular weight is 481 g/mol. The molecule has 2 N–H and O–H groups in total. The average Bonchev–Trinajstić information content (AvgIpc) is 2.68. The summed E-state index contributed by atoms with van der Waals surface area (Å²) in [6, 6.07) is 9.93. The second-order valence-corrected chi connectivity index (χ2v) is 6.97. The molecule has 2 aromatic rings. The van der Waals surface area contributed by atoms with Gasteiger partial charge >= 0.3 is 0 Å². The van der Waals surface area contributed by atoms with Gasteiger partial charge in [0.25, 0.3) is 5.69 Å². The summed E-state index contributed by atoms with van der Waals surface area (Å²) in [4.78, 5) is 10.5. The number of benzene rings is 2. The van der Waals surface area contributed by atoms with E-state index in [4.69, 9.17) is 21.7 Å². The van der Waals surface area contributed by atoms with Crippen molar-refractivity contribution in [3.8, 4) is 11.5 Å². The van der Waals surface area contributed by atoms with E-state index in [1.54, 1.807) is 24.4 Å². The Morgan fingerprint density at radius 2 is 2.10 bits per heavy atom. The summed E-state index contributed by atoms with van der Waals surface area (Å²) in [7, 11) is 0. The number of hydrogen-bond acceptors (Lipinski definition) is 6. The van der Waals surface area contributed by atoms with Crippen LogP contribution in [0.3, 0.4) is 0 Å². The number of halogens is 1. The van der Waals surface area contributed by atoms with E-state index in [1.165, 1.54) is 12.1 Å². The fourth-order valence-corrected chi connectivity index (χ4v) is 3.12. The van der Waals surface area contributed by atoms with Gasteiger partial charge < -0.3 is 14.8 Å². The van der Waals surface area contributed by atoms with Crippen molar-refractivity contribution < 1.29 is 14.4 Å². The Labute approximate surface area is 182 Å². The molecule has 29 heavy (non-hydrogen) atoms. The lowest BCUT2D eigenvalue weighted by atomic mass is 10.2. The van der Waals surface area contributed by atoms with Crippen LogP contribution in [0.5, 0.6) is 11.5 Å². The molecule has 0 radical (unpaired) electrons. The lowest BCUT2D eigenvalue weighted by molar-refractivity contribution is -0.384. The standard InChI is InChI=1S/C19H21BrN4O4S/c1-3-21-19(29)23-22-11-14-9-16(20)18(17(10-14)27-4-2)28-12-13-6-5-7-15(8-13)24(25)26/h5-11H,3-4,12H2,1-2H3,(H2,21,23,29). The van der Waals surface area contributed by atoms with Gasteiger partial charge in [-0.3, -0.25) is 15.5 Å². The van der Waals surface area contributed by atoms with Gasteiger partial charge in [-0.15, -0.1) is 0 Å². The monoisotopic (exact) mass is 480 g/mol. The molecule has 0 spiro atoms. The largest absolute Gasteiger partial charge is 0.490 e. The Morgan fingerprint density at radius 3 is 2.79 bits per heavy atom. The third-order valence-corrected chi connectivity index (χ3v) is 4.38. The molecule has 0 aliphatic heterocycles. The molecule has 0 fully saturated rings. The molecule has 0 aliphatic rings. The number of rotatable bonds is 9. The van der Waals surface area contributed by atoms with Crippen LogP contribution in [0, 0.1) is 10.1 Å². The van der Waals surface area contributed by atoms with Crippen LogP contribution in [0.4, 0.5) is 5.69 Å². The Balaban J connectivity index is 2.17. The Morgan fingerprint density at radius 1 is 1.31 bits per heavy atom. The minimum Gasteiger partial charge on any atom is -0.490 e. The van der Waals surface area contributed by atoms with E-state index in [0.29, 0.717) is 39.8 Å². The van der Waals surface area contributed by atoms with E-state index in [2.05, 4.69) is 31.8 Å². The van der Waals surface area contributed by atoms with Crippen LogP contribution in [0.25, 0.3) is 0 Å². The number of hydrogen-bond donors (Lipinski definition) is 2. The van der Waals surface area contributed by atoms with E-state index in [9.17, 15) is 10.1 Å². The van der Waals surface area contributed by atoms with Crippen molar-refractivity contribution in [2.24, 2.45) is 5.10 Å².